The van der Waals surface area contributed by atoms with E-state index in [1.165, 1.54) is 18.0 Å². The van der Waals surface area contributed by atoms with E-state index in [9.17, 15) is 9.59 Å². The van der Waals surface area contributed by atoms with Crippen LogP contribution in [0.5, 0.6) is 0 Å². The van der Waals surface area contributed by atoms with E-state index < -0.39 is 0 Å². The van der Waals surface area contributed by atoms with Crippen LogP contribution in [0.25, 0.3) is 0 Å². The standard InChI is InChI=1S/C21H19ClN2O3S/c1-13-17(22)5-3-6-18(13)24-20(25)14(2)28-16-10-8-15(9-11-16)23-21(26)19-7-4-12-27-19/h3-12,14H,1-2H3,(H,23,26)(H,24,25). The van der Waals surface area contributed by atoms with Gasteiger partial charge in [0.25, 0.3) is 5.91 Å². The summed E-state index contributed by atoms with van der Waals surface area (Å²) < 4.78 is 5.07. The summed E-state index contributed by atoms with van der Waals surface area (Å²) in [6.07, 6.45) is 1.45. The quantitative estimate of drug-likeness (QED) is 0.514. The molecule has 1 aromatic heterocycles. The Balaban J connectivity index is 1.58. The largest absolute Gasteiger partial charge is 0.459 e. The molecule has 5 nitrogen and oxygen atoms in total. The lowest BCUT2D eigenvalue weighted by Crippen LogP contribution is -2.22. The molecule has 0 spiro atoms. The van der Waals surface area contributed by atoms with Crippen molar-refractivity contribution in [2.45, 2.75) is 24.0 Å². The zero-order valence-electron chi connectivity index (χ0n) is 15.4. The van der Waals surface area contributed by atoms with Crippen LogP contribution in [-0.2, 0) is 4.79 Å². The van der Waals surface area contributed by atoms with Gasteiger partial charge in [0.15, 0.2) is 5.76 Å². The number of carbonyl (C=O) groups excluding carboxylic acids is 2. The minimum absolute atomic E-state index is 0.106. The maximum Gasteiger partial charge on any atom is 0.291 e. The molecule has 0 bridgehead atoms. The fourth-order valence-corrected chi connectivity index (χ4v) is 3.49. The second-order valence-corrected chi connectivity index (χ2v) is 7.94. The van der Waals surface area contributed by atoms with Crippen LogP contribution in [0.4, 0.5) is 11.4 Å². The number of amides is 2. The molecule has 1 heterocycles. The van der Waals surface area contributed by atoms with Crippen LogP contribution < -0.4 is 10.6 Å². The number of carbonyl (C=O) groups is 2. The lowest BCUT2D eigenvalue weighted by atomic mass is 10.2. The van der Waals surface area contributed by atoms with Gasteiger partial charge in [0, 0.05) is 21.3 Å². The lowest BCUT2D eigenvalue weighted by molar-refractivity contribution is -0.115. The maximum absolute atomic E-state index is 12.5. The molecule has 28 heavy (non-hydrogen) atoms. The number of benzene rings is 2. The first-order valence-electron chi connectivity index (χ1n) is 8.61. The molecule has 1 unspecified atom stereocenters. The lowest BCUT2D eigenvalue weighted by Gasteiger charge is -2.14. The Labute approximate surface area is 172 Å². The Morgan fingerprint density at radius 2 is 1.79 bits per heavy atom. The monoisotopic (exact) mass is 414 g/mol. The van der Waals surface area contributed by atoms with Gasteiger partial charge in [0.2, 0.25) is 5.91 Å². The van der Waals surface area contributed by atoms with Crippen LogP contribution in [0.1, 0.15) is 23.0 Å². The Hall–Kier alpha value is -2.70. The Kier molecular flexibility index (Phi) is 6.44. The molecule has 0 saturated carbocycles. The number of halogens is 1. The van der Waals surface area contributed by atoms with Gasteiger partial charge in [-0.1, -0.05) is 17.7 Å². The molecule has 144 valence electrons. The van der Waals surface area contributed by atoms with Crippen LogP contribution >= 0.6 is 23.4 Å². The molecule has 0 saturated heterocycles. The normalized spacial score (nSPS) is 11.7. The molecule has 7 heteroatoms. The van der Waals surface area contributed by atoms with Crippen LogP contribution in [0.15, 0.2) is 70.2 Å². The number of anilines is 2. The zero-order chi connectivity index (χ0) is 20.1. The number of hydrogen-bond acceptors (Lipinski definition) is 4. The van der Waals surface area contributed by atoms with Crippen molar-refractivity contribution >= 4 is 46.6 Å². The van der Waals surface area contributed by atoms with Gasteiger partial charge in [-0.2, -0.15) is 0 Å². The van der Waals surface area contributed by atoms with Crippen LogP contribution in [0.2, 0.25) is 5.02 Å². The summed E-state index contributed by atoms with van der Waals surface area (Å²) in [6, 6.07) is 16.0. The molecule has 0 radical (unpaired) electrons. The molecule has 3 rings (SSSR count). The van der Waals surface area contributed by atoms with Gasteiger partial charge in [-0.05, 0) is 67.9 Å². The summed E-state index contributed by atoms with van der Waals surface area (Å²) in [4.78, 5) is 25.4. The maximum atomic E-state index is 12.5. The summed E-state index contributed by atoms with van der Waals surface area (Å²) in [5.41, 5.74) is 2.20. The fraction of sp³-hybridized carbons (Fsp3) is 0.143. The Bertz CT molecular complexity index is 972. The van der Waals surface area contributed by atoms with Gasteiger partial charge in [-0.3, -0.25) is 9.59 Å². The van der Waals surface area contributed by atoms with E-state index in [0.29, 0.717) is 16.4 Å². The number of rotatable bonds is 6. The smallest absolute Gasteiger partial charge is 0.291 e. The van der Waals surface area contributed by atoms with Gasteiger partial charge < -0.3 is 15.1 Å². The first kappa shape index (κ1) is 20.0. The van der Waals surface area contributed by atoms with Gasteiger partial charge in [0.1, 0.15) is 0 Å². The van der Waals surface area contributed by atoms with Crippen molar-refractivity contribution < 1.29 is 14.0 Å². The van der Waals surface area contributed by atoms with Gasteiger partial charge in [-0.15, -0.1) is 11.8 Å². The number of furan rings is 1. The topological polar surface area (TPSA) is 71.3 Å². The highest BCUT2D eigenvalue weighted by Crippen LogP contribution is 2.27. The molecule has 3 aromatic rings. The van der Waals surface area contributed by atoms with Gasteiger partial charge in [-0.25, -0.2) is 0 Å². The minimum Gasteiger partial charge on any atom is -0.459 e. The van der Waals surface area contributed by atoms with Crippen LogP contribution in [-0.4, -0.2) is 17.1 Å². The molecule has 2 amide bonds. The number of hydrogen-bond donors (Lipinski definition) is 2. The SMILES string of the molecule is Cc1c(Cl)cccc1NC(=O)C(C)Sc1ccc(NC(=O)c2ccco2)cc1. The summed E-state index contributed by atoms with van der Waals surface area (Å²) in [6.45, 7) is 3.71. The molecule has 0 aliphatic rings. The summed E-state index contributed by atoms with van der Waals surface area (Å²) in [7, 11) is 0. The molecular formula is C21H19ClN2O3S. The van der Waals surface area contributed by atoms with E-state index in [0.717, 1.165) is 10.5 Å². The second kappa shape index (κ2) is 8.99. The molecule has 1 atom stereocenters. The average Bonchev–Trinajstić information content (AvgIpc) is 3.22. The van der Waals surface area contributed by atoms with Crippen LogP contribution in [0.3, 0.4) is 0 Å². The zero-order valence-corrected chi connectivity index (χ0v) is 16.9. The molecular weight excluding hydrogens is 396 g/mol. The van der Waals surface area contributed by atoms with Crippen LogP contribution in [0, 0.1) is 6.92 Å². The highest BCUT2D eigenvalue weighted by molar-refractivity contribution is 8.00. The summed E-state index contributed by atoms with van der Waals surface area (Å²) >= 11 is 7.53. The second-order valence-electron chi connectivity index (χ2n) is 6.12. The first-order valence-corrected chi connectivity index (χ1v) is 9.87. The van der Waals surface area contributed by atoms with E-state index in [4.69, 9.17) is 16.0 Å². The van der Waals surface area contributed by atoms with E-state index >= 15 is 0 Å². The van der Waals surface area contributed by atoms with Gasteiger partial charge >= 0.3 is 0 Å². The third-order valence-electron chi connectivity index (χ3n) is 4.06. The number of thioether (sulfide) groups is 1. The number of nitrogens with one attached hydrogen (secondary N) is 2. The predicted molar refractivity (Wildman–Crippen MR) is 113 cm³/mol. The Morgan fingerprint density at radius 1 is 1.04 bits per heavy atom. The van der Waals surface area contributed by atoms with Crippen molar-refractivity contribution in [3.8, 4) is 0 Å². The summed E-state index contributed by atoms with van der Waals surface area (Å²) in [5.74, 6) is -0.166. The molecule has 2 N–H and O–H groups in total. The van der Waals surface area contributed by atoms with Crippen molar-refractivity contribution in [2.24, 2.45) is 0 Å². The fourth-order valence-electron chi connectivity index (χ4n) is 2.45. The predicted octanol–water partition coefficient (Wildman–Crippen LogP) is 5.61. The summed E-state index contributed by atoms with van der Waals surface area (Å²) in [5, 5.41) is 5.98. The highest BCUT2D eigenvalue weighted by atomic mass is 35.5. The van der Waals surface area contributed by atoms with E-state index in [1.54, 1.807) is 36.4 Å². The molecule has 0 aliphatic carbocycles. The van der Waals surface area contributed by atoms with E-state index in [2.05, 4.69) is 10.6 Å². The first-order chi connectivity index (χ1) is 13.4. The van der Waals surface area contributed by atoms with Crippen molar-refractivity contribution in [2.75, 3.05) is 10.6 Å². The Morgan fingerprint density at radius 3 is 2.46 bits per heavy atom. The highest BCUT2D eigenvalue weighted by Gasteiger charge is 2.16. The van der Waals surface area contributed by atoms with Gasteiger partial charge in [0.05, 0.1) is 11.5 Å². The minimum atomic E-state index is -0.310. The average molecular weight is 415 g/mol. The van der Waals surface area contributed by atoms with Crippen molar-refractivity contribution in [3.05, 3.63) is 77.2 Å². The third kappa shape index (κ3) is 4.97. The van der Waals surface area contributed by atoms with E-state index in [1.807, 2.05) is 32.0 Å². The molecule has 0 fully saturated rings. The van der Waals surface area contributed by atoms with E-state index in [-0.39, 0.29) is 22.8 Å². The van der Waals surface area contributed by atoms with Crippen molar-refractivity contribution in [1.29, 1.82) is 0 Å². The molecule has 0 aliphatic heterocycles. The van der Waals surface area contributed by atoms with Crippen molar-refractivity contribution in [1.82, 2.24) is 0 Å². The molecule has 2 aromatic carbocycles. The third-order valence-corrected chi connectivity index (χ3v) is 5.59. The van der Waals surface area contributed by atoms with Crippen molar-refractivity contribution in [3.63, 3.8) is 0 Å².